The molecule has 25 heavy (non-hydrogen) atoms. The van der Waals surface area contributed by atoms with Gasteiger partial charge in [0, 0.05) is 17.5 Å². The molecule has 0 aliphatic heterocycles. The van der Waals surface area contributed by atoms with Crippen LogP contribution >= 0.6 is 0 Å². The fraction of sp³-hybridized carbons (Fsp3) is 0.364. The Morgan fingerprint density at radius 3 is 2.28 bits per heavy atom. The molecule has 0 saturated heterocycles. The third-order valence-corrected chi connectivity index (χ3v) is 4.70. The summed E-state index contributed by atoms with van der Waals surface area (Å²) >= 11 is 0. The molecule has 0 aromatic heterocycles. The van der Waals surface area contributed by atoms with Crippen molar-refractivity contribution in [1.82, 2.24) is 0 Å². The Hall–Kier alpha value is -2.44. The minimum absolute atomic E-state index is 0.429. The summed E-state index contributed by atoms with van der Waals surface area (Å²) in [5.74, 6) is 8.17. The van der Waals surface area contributed by atoms with E-state index in [1.54, 1.807) is 14.2 Å². The summed E-state index contributed by atoms with van der Waals surface area (Å²) in [7, 11) is 3.26. The Kier molecular flexibility index (Phi) is 5.63. The van der Waals surface area contributed by atoms with E-state index < -0.39 is 6.10 Å². The quantitative estimate of drug-likeness (QED) is 0.830. The maximum Gasteiger partial charge on any atom is 0.140 e. The van der Waals surface area contributed by atoms with Gasteiger partial charge in [0.2, 0.25) is 0 Å². The number of methoxy groups -OCH3 is 2. The molecule has 130 valence electrons. The zero-order valence-corrected chi connectivity index (χ0v) is 14.8. The fourth-order valence-electron chi connectivity index (χ4n) is 3.31. The van der Waals surface area contributed by atoms with Crippen LogP contribution in [0.1, 0.15) is 37.4 Å². The third-order valence-electron chi connectivity index (χ3n) is 4.70. The lowest BCUT2D eigenvalue weighted by molar-refractivity contribution is 0.238. The third kappa shape index (κ3) is 4.15. The highest BCUT2D eigenvalue weighted by Gasteiger charge is 2.15. The average Bonchev–Trinajstić information content (AvgIpc) is 3.19. The van der Waals surface area contributed by atoms with Crippen molar-refractivity contribution in [2.24, 2.45) is 5.92 Å². The number of ether oxygens (including phenoxy) is 2. The SMILES string of the molecule is COc1cc(OC)cc(-c2ccccc2C(O)C#CC2CCCC2)c1. The topological polar surface area (TPSA) is 38.7 Å². The number of rotatable bonds is 4. The van der Waals surface area contributed by atoms with E-state index in [0.717, 1.165) is 41.0 Å². The summed E-state index contributed by atoms with van der Waals surface area (Å²) < 4.78 is 10.7. The van der Waals surface area contributed by atoms with E-state index in [0.29, 0.717) is 5.92 Å². The fourth-order valence-corrected chi connectivity index (χ4v) is 3.31. The van der Waals surface area contributed by atoms with Crippen LogP contribution in [0.4, 0.5) is 0 Å². The molecule has 0 heterocycles. The van der Waals surface area contributed by atoms with Gasteiger partial charge in [0.05, 0.1) is 14.2 Å². The van der Waals surface area contributed by atoms with Crippen LogP contribution in [0.2, 0.25) is 0 Å². The van der Waals surface area contributed by atoms with Gasteiger partial charge in [0.1, 0.15) is 17.6 Å². The normalized spacial score (nSPS) is 15.3. The highest BCUT2D eigenvalue weighted by molar-refractivity contribution is 5.71. The lowest BCUT2D eigenvalue weighted by atomic mass is 9.95. The maximum absolute atomic E-state index is 10.6. The first-order valence-electron chi connectivity index (χ1n) is 8.72. The van der Waals surface area contributed by atoms with Crippen molar-refractivity contribution < 1.29 is 14.6 Å². The first-order chi connectivity index (χ1) is 12.2. The molecule has 2 aromatic rings. The minimum Gasteiger partial charge on any atom is -0.497 e. The molecule has 1 aliphatic carbocycles. The van der Waals surface area contributed by atoms with Gasteiger partial charge in [-0.25, -0.2) is 0 Å². The first-order valence-corrected chi connectivity index (χ1v) is 8.72. The Labute approximate surface area is 149 Å². The van der Waals surface area contributed by atoms with Crippen LogP contribution in [-0.2, 0) is 0 Å². The van der Waals surface area contributed by atoms with Gasteiger partial charge in [0.25, 0.3) is 0 Å². The van der Waals surface area contributed by atoms with Crippen molar-refractivity contribution in [2.45, 2.75) is 31.8 Å². The Morgan fingerprint density at radius 1 is 1.00 bits per heavy atom. The Morgan fingerprint density at radius 2 is 1.64 bits per heavy atom. The van der Waals surface area contributed by atoms with E-state index in [4.69, 9.17) is 9.47 Å². The van der Waals surface area contributed by atoms with E-state index in [-0.39, 0.29) is 0 Å². The molecule has 1 saturated carbocycles. The summed E-state index contributed by atoms with van der Waals surface area (Å²) in [6.07, 6.45) is 3.99. The molecule has 3 rings (SSSR count). The van der Waals surface area contributed by atoms with Crippen LogP contribution in [0.15, 0.2) is 42.5 Å². The average molecular weight is 336 g/mol. The molecule has 1 unspecified atom stereocenters. The van der Waals surface area contributed by atoms with Crippen LogP contribution in [0, 0.1) is 17.8 Å². The molecule has 0 spiro atoms. The van der Waals surface area contributed by atoms with Gasteiger partial charge in [-0.05, 0) is 36.1 Å². The second-order valence-corrected chi connectivity index (χ2v) is 6.36. The highest BCUT2D eigenvalue weighted by Crippen LogP contribution is 2.34. The van der Waals surface area contributed by atoms with E-state index in [1.165, 1.54) is 12.8 Å². The molecule has 1 N–H and O–H groups in total. The summed E-state index contributed by atoms with van der Waals surface area (Å²) in [6.45, 7) is 0. The lowest BCUT2D eigenvalue weighted by Crippen LogP contribution is -1.99. The van der Waals surface area contributed by atoms with Crippen LogP contribution in [-0.4, -0.2) is 19.3 Å². The number of aliphatic hydroxyl groups is 1. The van der Waals surface area contributed by atoms with Gasteiger partial charge in [-0.1, -0.05) is 48.9 Å². The predicted molar refractivity (Wildman–Crippen MR) is 99.7 cm³/mol. The zero-order chi connectivity index (χ0) is 17.6. The van der Waals surface area contributed by atoms with Crippen molar-refractivity contribution in [1.29, 1.82) is 0 Å². The molecule has 0 bridgehead atoms. The largest absolute Gasteiger partial charge is 0.497 e. The number of aliphatic hydroxyl groups excluding tert-OH is 1. The van der Waals surface area contributed by atoms with Crippen molar-refractivity contribution in [2.75, 3.05) is 14.2 Å². The molecule has 1 atom stereocenters. The van der Waals surface area contributed by atoms with Gasteiger partial charge in [-0.3, -0.25) is 0 Å². The monoisotopic (exact) mass is 336 g/mol. The van der Waals surface area contributed by atoms with Gasteiger partial charge in [-0.15, -0.1) is 0 Å². The zero-order valence-electron chi connectivity index (χ0n) is 14.8. The van der Waals surface area contributed by atoms with Gasteiger partial charge in [-0.2, -0.15) is 0 Å². The van der Waals surface area contributed by atoms with Gasteiger partial charge >= 0.3 is 0 Å². The molecule has 3 nitrogen and oxygen atoms in total. The summed E-state index contributed by atoms with van der Waals surface area (Å²) in [4.78, 5) is 0. The van der Waals surface area contributed by atoms with E-state index in [9.17, 15) is 5.11 Å². The van der Waals surface area contributed by atoms with Crippen LogP contribution < -0.4 is 9.47 Å². The van der Waals surface area contributed by atoms with E-state index in [2.05, 4.69) is 11.8 Å². The van der Waals surface area contributed by atoms with E-state index >= 15 is 0 Å². The molecule has 1 fully saturated rings. The van der Waals surface area contributed by atoms with Crippen molar-refractivity contribution in [3.05, 3.63) is 48.0 Å². The summed E-state index contributed by atoms with van der Waals surface area (Å²) in [6, 6.07) is 13.5. The summed E-state index contributed by atoms with van der Waals surface area (Å²) in [5, 5.41) is 10.6. The molecular formula is C22H24O3. The number of hydrogen-bond acceptors (Lipinski definition) is 3. The summed E-state index contributed by atoms with van der Waals surface area (Å²) in [5.41, 5.74) is 2.68. The Balaban J connectivity index is 1.95. The predicted octanol–water partition coefficient (Wildman–Crippen LogP) is 4.60. The van der Waals surface area contributed by atoms with Crippen LogP contribution in [0.25, 0.3) is 11.1 Å². The highest BCUT2D eigenvalue weighted by atomic mass is 16.5. The molecule has 0 amide bonds. The molecular weight excluding hydrogens is 312 g/mol. The molecule has 0 radical (unpaired) electrons. The minimum atomic E-state index is -0.797. The van der Waals surface area contributed by atoms with Crippen molar-refractivity contribution >= 4 is 0 Å². The first kappa shape index (κ1) is 17.4. The van der Waals surface area contributed by atoms with Crippen molar-refractivity contribution in [3.8, 4) is 34.5 Å². The van der Waals surface area contributed by atoms with Crippen LogP contribution in [0.5, 0.6) is 11.5 Å². The van der Waals surface area contributed by atoms with Crippen LogP contribution in [0.3, 0.4) is 0 Å². The molecule has 1 aliphatic rings. The second kappa shape index (κ2) is 8.09. The standard InChI is InChI=1S/C22H24O3/c1-24-18-13-17(14-19(15-18)25-2)20-9-5-6-10-21(20)22(23)12-11-16-7-3-4-8-16/h5-6,9-10,13-16,22-23H,3-4,7-8H2,1-2H3. The molecule has 3 heteroatoms. The number of hydrogen-bond donors (Lipinski definition) is 1. The number of benzene rings is 2. The van der Waals surface area contributed by atoms with Gasteiger partial charge < -0.3 is 14.6 Å². The second-order valence-electron chi connectivity index (χ2n) is 6.36. The smallest absolute Gasteiger partial charge is 0.140 e. The maximum atomic E-state index is 10.6. The van der Waals surface area contributed by atoms with Crippen molar-refractivity contribution in [3.63, 3.8) is 0 Å². The van der Waals surface area contributed by atoms with E-state index in [1.807, 2.05) is 42.5 Å². The Bertz CT molecular complexity index is 757. The van der Waals surface area contributed by atoms with Gasteiger partial charge in [0.15, 0.2) is 0 Å². The molecule has 2 aromatic carbocycles. The lowest BCUT2D eigenvalue weighted by Gasteiger charge is -2.14.